The Bertz CT molecular complexity index is 1530. The van der Waals surface area contributed by atoms with Gasteiger partial charge >= 0.3 is 5.97 Å². The summed E-state index contributed by atoms with van der Waals surface area (Å²) in [6.07, 6.45) is 2.88. The molecule has 0 bridgehead atoms. The van der Waals surface area contributed by atoms with Crippen LogP contribution in [0.2, 0.25) is 0 Å². The molecule has 12 nitrogen and oxygen atoms in total. The van der Waals surface area contributed by atoms with Gasteiger partial charge in [-0.2, -0.15) is 0 Å². The number of anilines is 1. The van der Waals surface area contributed by atoms with Crippen molar-refractivity contribution in [2.45, 2.75) is 117 Å². The number of nitrogens with zero attached hydrogens (tertiary/aromatic N) is 3. The Kier molecular flexibility index (Phi) is 12.2. The maximum atomic E-state index is 14.3. The zero-order valence-electron chi connectivity index (χ0n) is 31.5. The highest BCUT2D eigenvalue weighted by molar-refractivity contribution is 7.20. The molecular formula is C38H57N5O7S. The SMILES string of the molecule is CC(C)(C)OCOC/N=C(\Nc1sc(-c2ccccc2)cc1C(=O)N1CCC(N2CCCC3(C2)CC(C)(C)OC3=O)CC1)NC(O)OC(C)(C)C. The highest BCUT2D eigenvalue weighted by Crippen LogP contribution is 2.47. The molecule has 13 heteroatoms. The molecule has 3 saturated heterocycles. The van der Waals surface area contributed by atoms with Gasteiger partial charge in [-0.1, -0.05) is 30.3 Å². The number of likely N-dealkylation sites (tertiary alicyclic amines) is 2. The van der Waals surface area contributed by atoms with Crippen molar-refractivity contribution in [2.24, 2.45) is 10.4 Å². The van der Waals surface area contributed by atoms with E-state index in [1.165, 1.54) is 11.3 Å². The standard InChI is InChI=1S/C38H57N5O7S/c1-35(2,3)48-25-47-24-39-33(41-34(46)50-36(4,5)6)40-30-28(21-29(51-30)26-13-10-9-11-14-26)31(44)42-19-15-27(16-20-42)43-18-12-17-38(23-43)22-37(7,8)49-32(38)45/h9-11,13-14,21,27,34,46H,12,15-20,22-25H2,1-8H3,(H2,39,40,41). The summed E-state index contributed by atoms with van der Waals surface area (Å²) >= 11 is 1.44. The first-order valence-corrected chi connectivity index (χ1v) is 18.9. The molecule has 3 fully saturated rings. The average molecular weight is 728 g/mol. The number of aliphatic hydroxyl groups excluding tert-OH is 1. The van der Waals surface area contributed by atoms with Gasteiger partial charge in [0.15, 0.2) is 0 Å². The van der Waals surface area contributed by atoms with Crippen LogP contribution in [0.1, 0.15) is 97.9 Å². The van der Waals surface area contributed by atoms with Gasteiger partial charge in [0.25, 0.3) is 5.91 Å². The Labute approximate surface area is 306 Å². The average Bonchev–Trinajstić information content (AvgIpc) is 3.55. The van der Waals surface area contributed by atoms with Gasteiger partial charge in [0, 0.05) is 37.0 Å². The van der Waals surface area contributed by atoms with Crippen molar-refractivity contribution in [1.82, 2.24) is 15.1 Å². The first kappa shape index (κ1) is 39.1. The van der Waals surface area contributed by atoms with Crippen LogP contribution in [0.4, 0.5) is 5.00 Å². The van der Waals surface area contributed by atoms with Crippen LogP contribution in [0.15, 0.2) is 41.4 Å². The maximum Gasteiger partial charge on any atom is 0.314 e. The number of piperidine rings is 2. The number of cyclic esters (lactones) is 1. The zero-order chi connectivity index (χ0) is 37.0. The summed E-state index contributed by atoms with van der Waals surface area (Å²) in [4.78, 5) is 37.1. The monoisotopic (exact) mass is 727 g/mol. The van der Waals surface area contributed by atoms with Crippen LogP contribution in [-0.4, -0.2) is 102 Å². The molecule has 1 spiro atoms. The predicted octanol–water partition coefficient (Wildman–Crippen LogP) is 6.02. The number of aliphatic hydroxyl groups is 1. The van der Waals surface area contributed by atoms with Gasteiger partial charge in [-0.05, 0) is 99.2 Å². The lowest BCUT2D eigenvalue weighted by molar-refractivity contribution is -0.172. The number of ether oxygens (including phenoxy) is 4. The third kappa shape index (κ3) is 10.7. The topological polar surface area (TPSA) is 134 Å². The van der Waals surface area contributed by atoms with E-state index >= 15 is 0 Å². The van der Waals surface area contributed by atoms with Crippen LogP contribution >= 0.6 is 11.3 Å². The predicted molar refractivity (Wildman–Crippen MR) is 199 cm³/mol. The lowest BCUT2D eigenvalue weighted by atomic mass is 9.74. The van der Waals surface area contributed by atoms with E-state index in [0.29, 0.717) is 29.7 Å². The largest absolute Gasteiger partial charge is 0.459 e. The van der Waals surface area contributed by atoms with E-state index in [-0.39, 0.29) is 37.0 Å². The number of aliphatic imine (C=N–C) groups is 1. The van der Waals surface area contributed by atoms with Gasteiger partial charge in [0.05, 0.1) is 22.2 Å². The van der Waals surface area contributed by atoms with Gasteiger partial charge in [-0.3, -0.25) is 14.5 Å². The molecule has 3 aliphatic heterocycles. The van der Waals surface area contributed by atoms with Crippen molar-refractivity contribution < 1.29 is 33.6 Å². The first-order chi connectivity index (χ1) is 23.9. The first-order valence-electron chi connectivity index (χ1n) is 18.0. The molecular weight excluding hydrogens is 671 g/mol. The van der Waals surface area contributed by atoms with Crippen LogP contribution in [0.5, 0.6) is 0 Å². The van der Waals surface area contributed by atoms with Gasteiger partial charge in [-0.25, -0.2) is 4.99 Å². The van der Waals surface area contributed by atoms with Crippen molar-refractivity contribution in [1.29, 1.82) is 0 Å². The second-order valence-corrected chi connectivity index (χ2v) is 17.5. The minimum atomic E-state index is -1.38. The smallest absolute Gasteiger partial charge is 0.314 e. The molecule has 2 unspecified atom stereocenters. The molecule has 0 radical (unpaired) electrons. The summed E-state index contributed by atoms with van der Waals surface area (Å²) in [5.41, 5.74) is -0.346. The summed E-state index contributed by atoms with van der Waals surface area (Å²) < 4.78 is 22.7. The molecule has 2 aromatic rings. The highest BCUT2D eigenvalue weighted by Gasteiger charge is 2.54. The fraction of sp³-hybridized carbons (Fsp3) is 0.658. The lowest BCUT2D eigenvalue weighted by Gasteiger charge is -2.44. The molecule has 1 amide bonds. The molecule has 3 N–H and O–H groups in total. The van der Waals surface area contributed by atoms with Gasteiger partial charge in [-0.15, -0.1) is 11.3 Å². The van der Waals surface area contributed by atoms with E-state index in [0.717, 1.165) is 55.6 Å². The van der Waals surface area contributed by atoms with Crippen LogP contribution < -0.4 is 10.6 Å². The number of hydrogen-bond donors (Lipinski definition) is 3. The van der Waals surface area contributed by atoms with Gasteiger partial charge in [0.1, 0.15) is 24.1 Å². The Morgan fingerprint density at radius 3 is 2.43 bits per heavy atom. The molecule has 5 rings (SSSR count). The van der Waals surface area contributed by atoms with Crippen LogP contribution in [0.3, 0.4) is 0 Å². The van der Waals surface area contributed by atoms with E-state index < -0.39 is 23.0 Å². The second kappa shape index (κ2) is 15.9. The quantitative estimate of drug-likeness (QED) is 0.0877. The number of benzene rings is 1. The molecule has 282 valence electrons. The van der Waals surface area contributed by atoms with E-state index in [4.69, 9.17) is 18.9 Å². The Morgan fingerprint density at radius 1 is 1.10 bits per heavy atom. The highest BCUT2D eigenvalue weighted by atomic mass is 32.1. The van der Waals surface area contributed by atoms with E-state index in [2.05, 4.69) is 20.5 Å². The molecule has 4 heterocycles. The normalized spacial score (nSPS) is 22.6. The number of nitrogens with one attached hydrogen (secondary N) is 2. The van der Waals surface area contributed by atoms with Crippen LogP contribution in [0, 0.1) is 5.41 Å². The van der Waals surface area contributed by atoms with Crippen LogP contribution in [-0.2, 0) is 23.7 Å². The lowest BCUT2D eigenvalue weighted by Crippen LogP contribution is -2.53. The van der Waals surface area contributed by atoms with Crippen molar-refractivity contribution >= 4 is 34.2 Å². The zero-order valence-corrected chi connectivity index (χ0v) is 32.4. The Balaban J connectivity index is 1.32. The van der Waals surface area contributed by atoms with Crippen LogP contribution in [0.25, 0.3) is 10.4 Å². The number of carbonyl (C=O) groups is 2. The van der Waals surface area contributed by atoms with Crippen molar-refractivity contribution in [3.8, 4) is 10.4 Å². The van der Waals surface area contributed by atoms with Crippen molar-refractivity contribution in [3.05, 3.63) is 42.0 Å². The molecule has 1 aromatic carbocycles. The Hall–Kier alpha value is -3.07. The minimum Gasteiger partial charge on any atom is -0.459 e. The fourth-order valence-corrected chi connectivity index (χ4v) is 8.19. The number of esters is 1. The fourth-order valence-electron chi connectivity index (χ4n) is 7.14. The molecule has 51 heavy (non-hydrogen) atoms. The van der Waals surface area contributed by atoms with E-state index in [9.17, 15) is 14.7 Å². The number of carbonyl (C=O) groups excluding carboxylic acids is 2. The number of guanidine groups is 1. The third-order valence-corrected chi connectivity index (χ3v) is 10.4. The van der Waals surface area contributed by atoms with E-state index in [1.54, 1.807) is 0 Å². The number of amides is 1. The van der Waals surface area contributed by atoms with Gasteiger partial charge < -0.3 is 39.6 Å². The summed E-state index contributed by atoms with van der Waals surface area (Å²) in [6, 6.07) is 12.2. The molecule has 0 saturated carbocycles. The number of hydrogen-bond acceptors (Lipinski definition) is 10. The Morgan fingerprint density at radius 2 is 1.80 bits per heavy atom. The number of thiophene rings is 1. The molecule has 1 aromatic heterocycles. The number of rotatable bonds is 10. The van der Waals surface area contributed by atoms with Gasteiger partial charge in [0.2, 0.25) is 12.4 Å². The maximum absolute atomic E-state index is 14.3. The van der Waals surface area contributed by atoms with Crippen molar-refractivity contribution in [2.75, 3.05) is 45.0 Å². The van der Waals surface area contributed by atoms with E-state index in [1.807, 2.05) is 96.7 Å². The minimum absolute atomic E-state index is 0.0403. The molecule has 0 aliphatic carbocycles. The summed E-state index contributed by atoms with van der Waals surface area (Å²) in [5.74, 6) is 0.0480. The summed E-state index contributed by atoms with van der Waals surface area (Å²) in [7, 11) is 0. The summed E-state index contributed by atoms with van der Waals surface area (Å²) in [6.45, 7) is 18.2. The third-order valence-electron chi connectivity index (χ3n) is 9.31. The molecule has 2 atom stereocenters. The van der Waals surface area contributed by atoms with Crippen molar-refractivity contribution in [3.63, 3.8) is 0 Å². The summed E-state index contributed by atoms with van der Waals surface area (Å²) in [5, 5.41) is 17.5. The second-order valence-electron chi connectivity index (χ2n) is 16.5. The molecule has 3 aliphatic rings.